The molecule has 17 heavy (non-hydrogen) atoms. The van der Waals surface area contributed by atoms with Crippen LogP contribution in [0.1, 0.15) is 32.3 Å². The van der Waals surface area contributed by atoms with Gasteiger partial charge in [0.15, 0.2) is 0 Å². The summed E-state index contributed by atoms with van der Waals surface area (Å²) >= 11 is 3.48. The molecule has 0 fully saturated rings. The van der Waals surface area contributed by atoms with Crippen molar-refractivity contribution in [2.24, 2.45) is 5.92 Å². The molecule has 1 aromatic rings. The van der Waals surface area contributed by atoms with E-state index in [2.05, 4.69) is 35.1 Å². The van der Waals surface area contributed by atoms with E-state index in [1.165, 1.54) is 18.9 Å². The third kappa shape index (κ3) is 4.40. The van der Waals surface area contributed by atoms with Gasteiger partial charge >= 0.3 is 0 Å². The van der Waals surface area contributed by atoms with Gasteiger partial charge in [0, 0.05) is 10.5 Å². The molecule has 0 aliphatic carbocycles. The molecule has 0 heterocycles. The monoisotopic (exact) mass is 301 g/mol. The fraction of sp³-hybridized carbons (Fsp3) is 0.571. The van der Waals surface area contributed by atoms with Crippen molar-refractivity contribution in [3.63, 3.8) is 0 Å². The quantitative estimate of drug-likeness (QED) is 0.832. The van der Waals surface area contributed by atoms with Crippen molar-refractivity contribution in [3.05, 3.63) is 34.1 Å². The van der Waals surface area contributed by atoms with Gasteiger partial charge in [-0.25, -0.2) is 4.39 Å². The predicted molar refractivity (Wildman–Crippen MR) is 74.7 cm³/mol. The van der Waals surface area contributed by atoms with E-state index in [1.807, 2.05) is 7.05 Å². The van der Waals surface area contributed by atoms with Crippen molar-refractivity contribution in [2.75, 3.05) is 7.05 Å². The van der Waals surface area contributed by atoms with Gasteiger partial charge in [-0.3, -0.25) is 0 Å². The summed E-state index contributed by atoms with van der Waals surface area (Å²) in [6.07, 6.45) is 3.23. The average molecular weight is 302 g/mol. The Kier molecular flexibility index (Phi) is 6.14. The zero-order chi connectivity index (χ0) is 12.8. The standard InChI is InChI=1S/C14H21BrFN/c1-4-5-10(2)14(17-3)9-11-8-12(16)6-7-13(11)15/h6-8,10,14,17H,4-5,9H2,1-3H3. The first-order chi connectivity index (χ1) is 8.08. The number of hydrogen-bond acceptors (Lipinski definition) is 1. The minimum Gasteiger partial charge on any atom is -0.316 e. The second-order valence-electron chi connectivity index (χ2n) is 4.60. The summed E-state index contributed by atoms with van der Waals surface area (Å²) in [7, 11) is 1.98. The molecule has 0 aromatic heterocycles. The number of benzene rings is 1. The van der Waals surface area contributed by atoms with Crippen LogP contribution in [0.4, 0.5) is 4.39 Å². The summed E-state index contributed by atoms with van der Waals surface area (Å²) in [4.78, 5) is 0. The van der Waals surface area contributed by atoms with Gasteiger partial charge in [0.25, 0.3) is 0 Å². The molecule has 96 valence electrons. The Morgan fingerprint density at radius 3 is 2.71 bits per heavy atom. The molecule has 0 amide bonds. The number of nitrogens with one attached hydrogen (secondary N) is 1. The normalized spacial score (nSPS) is 14.6. The van der Waals surface area contributed by atoms with Crippen LogP contribution in [0, 0.1) is 11.7 Å². The van der Waals surface area contributed by atoms with Crippen molar-refractivity contribution < 1.29 is 4.39 Å². The van der Waals surface area contributed by atoms with Crippen LogP contribution in [0.25, 0.3) is 0 Å². The molecule has 0 radical (unpaired) electrons. The van der Waals surface area contributed by atoms with Crippen LogP contribution in [-0.2, 0) is 6.42 Å². The maximum absolute atomic E-state index is 13.2. The van der Waals surface area contributed by atoms with Crippen molar-refractivity contribution in [2.45, 2.75) is 39.2 Å². The van der Waals surface area contributed by atoms with E-state index < -0.39 is 0 Å². The van der Waals surface area contributed by atoms with E-state index in [0.29, 0.717) is 12.0 Å². The number of halogens is 2. The summed E-state index contributed by atoms with van der Waals surface area (Å²) in [5, 5.41) is 3.34. The van der Waals surface area contributed by atoms with E-state index in [-0.39, 0.29) is 5.82 Å². The zero-order valence-corrected chi connectivity index (χ0v) is 12.3. The predicted octanol–water partition coefficient (Wildman–Crippen LogP) is 4.15. The van der Waals surface area contributed by atoms with Crippen LogP contribution in [0.15, 0.2) is 22.7 Å². The lowest BCUT2D eigenvalue weighted by molar-refractivity contribution is 0.371. The first-order valence-corrected chi connectivity index (χ1v) is 6.99. The molecule has 0 bridgehead atoms. The Hall–Kier alpha value is -0.410. The minimum absolute atomic E-state index is 0.166. The number of likely N-dealkylation sites (N-methyl/N-ethyl adjacent to an activating group) is 1. The first-order valence-electron chi connectivity index (χ1n) is 6.19. The highest BCUT2D eigenvalue weighted by Gasteiger charge is 2.16. The lowest BCUT2D eigenvalue weighted by Crippen LogP contribution is -2.34. The molecule has 0 spiro atoms. The highest BCUT2D eigenvalue weighted by molar-refractivity contribution is 9.10. The van der Waals surface area contributed by atoms with Crippen LogP contribution in [0.2, 0.25) is 0 Å². The van der Waals surface area contributed by atoms with Gasteiger partial charge in [0.05, 0.1) is 0 Å². The van der Waals surface area contributed by atoms with Gasteiger partial charge in [-0.05, 0) is 49.6 Å². The van der Waals surface area contributed by atoms with Crippen molar-refractivity contribution in [3.8, 4) is 0 Å². The van der Waals surface area contributed by atoms with Crippen LogP contribution < -0.4 is 5.32 Å². The van der Waals surface area contributed by atoms with E-state index in [0.717, 1.165) is 16.5 Å². The van der Waals surface area contributed by atoms with E-state index in [9.17, 15) is 4.39 Å². The van der Waals surface area contributed by atoms with E-state index in [4.69, 9.17) is 0 Å². The molecule has 0 aliphatic rings. The molecule has 1 N–H and O–H groups in total. The molecular weight excluding hydrogens is 281 g/mol. The lowest BCUT2D eigenvalue weighted by Gasteiger charge is -2.23. The Morgan fingerprint density at radius 2 is 2.12 bits per heavy atom. The van der Waals surface area contributed by atoms with Gasteiger partial charge in [0.2, 0.25) is 0 Å². The molecule has 2 unspecified atom stereocenters. The van der Waals surface area contributed by atoms with Gasteiger partial charge in [-0.1, -0.05) is 36.2 Å². The fourth-order valence-electron chi connectivity index (χ4n) is 2.18. The Morgan fingerprint density at radius 1 is 1.41 bits per heavy atom. The smallest absolute Gasteiger partial charge is 0.123 e. The number of hydrogen-bond donors (Lipinski definition) is 1. The maximum atomic E-state index is 13.2. The molecule has 0 saturated heterocycles. The second kappa shape index (κ2) is 7.12. The molecular formula is C14H21BrFN. The molecule has 2 atom stereocenters. The minimum atomic E-state index is -0.166. The molecule has 1 rings (SSSR count). The largest absolute Gasteiger partial charge is 0.316 e. The molecule has 3 heteroatoms. The van der Waals surface area contributed by atoms with Gasteiger partial charge in [-0.15, -0.1) is 0 Å². The Balaban J connectivity index is 2.76. The maximum Gasteiger partial charge on any atom is 0.123 e. The second-order valence-corrected chi connectivity index (χ2v) is 5.46. The summed E-state index contributed by atoms with van der Waals surface area (Å²) in [5.74, 6) is 0.432. The van der Waals surface area contributed by atoms with Crippen LogP contribution >= 0.6 is 15.9 Å². The summed E-state index contributed by atoms with van der Waals surface area (Å²) in [5.41, 5.74) is 1.03. The van der Waals surface area contributed by atoms with E-state index in [1.54, 1.807) is 12.1 Å². The molecule has 0 saturated carbocycles. The Bertz CT molecular complexity index is 354. The zero-order valence-electron chi connectivity index (χ0n) is 10.8. The van der Waals surface area contributed by atoms with Crippen LogP contribution in [0.5, 0.6) is 0 Å². The SMILES string of the molecule is CCCC(C)C(Cc1cc(F)ccc1Br)NC. The van der Waals surface area contributed by atoms with Crippen molar-refractivity contribution in [1.82, 2.24) is 5.32 Å². The Labute approximate surface area is 112 Å². The highest BCUT2D eigenvalue weighted by Crippen LogP contribution is 2.22. The summed E-state index contributed by atoms with van der Waals surface area (Å²) < 4.78 is 14.2. The van der Waals surface area contributed by atoms with Crippen molar-refractivity contribution >= 4 is 15.9 Å². The van der Waals surface area contributed by atoms with Crippen LogP contribution in [-0.4, -0.2) is 13.1 Å². The summed E-state index contributed by atoms with van der Waals surface area (Å²) in [6, 6.07) is 5.28. The third-order valence-corrected chi connectivity index (χ3v) is 4.02. The highest BCUT2D eigenvalue weighted by atomic mass is 79.9. The van der Waals surface area contributed by atoms with Crippen molar-refractivity contribution in [1.29, 1.82) is 0 Å². The molecule has 1 aromatic carbocycles. The van der Waals surface area contributed by atoms with Gasteiger partial charge in [-0.2, -0.15) is 0 Å². The molecule has 0 aliphatic heterocycles. The van der Waals surface area contributed by atoms with Gasteiger partial charge in [0.1, 0.15) is 5.82 Å². The first kappa shape index (κ1) is 14.7. The van der Waals surface area contributed by atoms with Crippen LogP contribution in [0.3, 0.4) is 0 Å². The third-order valence-electron chi connectivity index (χ3n) is 3.25. The van der Waals surface area contributed by atoms with E-state index >= 15 is 0 Å². The molecule has 1 nitrogen and oxygen atoms in total. The lowest BCUT2D eigenvalue weighted by atomic mass is 9.91. The number of rotatable bonds is 6. The summed E-state index contributed by atoms with van der Waals surface area (Å²) in [6.45, 7) is 4.44. The average Bonchev–Trinajstić information content (AvgIpc) is 2.30. The van der Waals surface area contributed by atoms with Gasteiger partial charge < -0.3 is 5.32 Å². The fourth-order valence-corrected chi connectivity index (χ4v) is 2.59. The topological polar surface area (TPSA) is 12.0 Å².